The molecule has 2 heterocycles. The smallest absolute Gasteiger partial charge is 0.0591 e. The molecule has 0 aromatic heterocycles. The van der Waals surface area contributed by atoms with Crippen LogP contribution in [0, 0.1) is 0 Å². The number of ether oxygens (including phenoxy) is 1. The zero-order valence-corrected chi connectivity index (χ0v) is 9.32. The number of aliphatic hydroxyl groups excluding tert-OH is 1. The first-order chi connectivity index (χ1) is 7.40. The van der Waals surface area contributed by atoms with Crippen LogP contribution in [0.1, 0.15) is 19.3 Å². The standard InChI is InChI=1S/C11H22N2O2/c14-6-5-13-4-3-12-9-10(13)8-11-2-1-7-15-11/h10-12,14H,1-9H2. The minimum atomic E-state index is 0.266. The van der Waals surface area contributed by atoms with Crippen molar-refractivity contribution < 1.29 is 9.84 Å². The zero-order chi connectivity index (χ0) is 10.5. The van der Waals surface area contributed by atoms with E-state index >= 15 is 0 Å². The van der Waals surface area contributed by atoms with Gasteiger partial charge in [0.15, 0.2) is 0 Å². The molecule has 4 heteroatoms. The Labute approximate surface area is 91.6 Å². The third-order valence-electron chi connectivity index (χ3n) is 3.42. The molecule has 0 aromatic rings. The van der Waals surface area contributed by atoms with E-state index in [1.807, 2.05) is 0 Å². The molecule has 2 atom stereocenters. The van der Waals surface area contributed by atoms with Crippen molar-refractivity contribution in [3.05, 3.63) is 0 Å². The number of nitrogens with zero attached hydrogens (tertiary/aromatic N) is 1. The Hall–Kier alpha value is -0.160. The summed E-state index contributed by atoms with van der Waals surface area (Å²) in [7, 11) is 0. The molecule has 0 amide bonds. The van der Waals surface area contributed by atoms with Crippen LogP contribution < -0.4 is 5.32 Å². The number of hydrogen-bond donors (Lipinski definition) is 2. The van der Waals surface area contributed by atoms with Gasteiger partial charge >= 0.3 is 0 Å². The van der Waals surface area contributed by atoms with Gasteiger partial charge < -0.3 is 15.2 Å². The van der Waals surface area contributed by atoms with Gasteiger partial charge in [-0.3, -0.25) is 4.90 Å². The van der Waals surface area contributed by atoms with E-state index in [1.54, 1.807) is 0 Å². The lowest BCUT2D eigenvalue weighted by molar-refractivity contribution is 0.0531. The lowest BCUT2D eigenvalue weighted by Gasteiger charge is -2.36. The zero-order valence-electron chi connectivity index (χ0n) is 9.32. The van der Waals surface area contributed by atoms with Crippen molar-refractivity contribution in [2.24, 2.45) is 0 Å². The van der Waals surface area contributed by atoms with Gasteiger partial charge in [-0.25, -0.2) is 0 Å². The predicted molar refractivity (Wildman–Crippen MR) is 58.9 cm³/mol. The van der Waals surface area contributed by atoms with E-state index < -0.39 is 0 Å². The number of nitrogens with one attached hydrogen (secondary N) is 1. The minimum Gasteiger partial charge on any atom is -0.395 e. The largest absolute Gasteiger partial charge is 0.395 e. The quantitative estimate of drug-likeness (QED) is 0.681. The van der Waals surface area contributed by atoms with Crippen LogP contribution in [-0.2, 0) is 4.74 Å². The van der Waals surface area contributed by atoms with Crippen molar-refractivity contribution in [2.45, 2.75) is 31.4 Å². The number of rotatable bonds is 4. The Morgan fingerprint density at radius 1 is 1.47 bits per heavy atom. The molecule has 15 heavy (non-hydrogen) atoms. The maximum atomic E-state index is 9.00. The summed E-state index contributed by atoms with van der Waals surface area (Å²) >= 11 is 0. The van der Waals surface area contributed by atoms with Crippen LogP contribution in [0.25, 0.3) is 0 Å². The first-order valence-electron chi connectivity index (χ1n) is 6.07. The van der Waals surface area contributed by atoms with Crippen LogP contribution in [0.4, 0.5) is 0 Å². The van der Waals surface area contributed by atoms with Crippen molar-refractivity contribution in [1.29, 1.82) is 0 Å². The lowest BCUT2D eigenvalue weighted by atomic mass is 10.0. The van der Waals surface area contributed by atoms with Crippen molar-refractivity contribution in [2.75, 3.05) is 39.4 Å². The Morgan fingerprint density at radius 3 is 3.13 bits per heavy atom. The van der Waals surface area contributed by atoms with Crippen LogP contribution >= 0.6 is 0 Å². The molecule has 0 spiro atoms. The average Bonchev–Trinajstić information content (AvgIpc) is 2.74. The Bertz CT molecular complexity index is 181. The molecule has 2 saturated heterocycles. The molecule has 0 aromatic carbocycles. The molecule has 2 rings (SSSR count). The van der Waals surface area contributed by atoms with Gasteiger partial charge in [0.1, 0.15) is 0 Å². The van der Waals surface area contributed by atoms with Gasteiger partial charge in [-0.05, 0) is 19.3 Å². The highest BCUT2D eigenvalue weighted by Crippen LogP contribution is 2.20. The molecule has 2 N–H and O–H groups in total. The molecule has 0 bridgehead atoms. The van der Waals surface area contributed by atoms with Gasteiger partial charge in [0.2, 0.25) is 0 Å². The van der Waals surface area contributed by atoms with Crippen molar-refractivity contribution in [1.82, 2.24) is 10.2 Å². The van der Waals surface area contributed by atoms with Gasteiger partial charge in [0.05, 0.1) is 12.7 Å². The highest BCUT2D eigenvalue weighted by Gasteiger charge is 2.26. The van der Waals surface area contributed by atoms with Gasteiger partial charge in [0.25, 0.3) is 0 Å². The van der Waals surface area contributed by atoms with Crippen LogP contribution in [0.3, 0.4) is 0 Å². The third-order valence-corrected chi connectivity index (χ3v) is 3.42. The second kappa shape index (κ2) is 5.80. The molecule has 2 aliphatic heterocycles. The maximum absolute atomic E-state index is 9.00. The summed E-state index contributed by atoms with van der Waals surface area (Å²) in [6.07, 6.45) is 4.00. The molecule has 0 radical (unpaired) electrons. The van der Waals surface area contributed by atoms with E-state index in [1.165, 1.54) is 12.8 Å². The Morgan fingerprint density at radius 2 is 2.40 bits per heavy atom. The monoisotopic (exact) mass is 214 g/mol. The van der Waals surface area contributed by atoms with E-state index in [4.69, 9.17) is 9.84 Å². The second-order valence-electron chi connectivity index (χ2n) is 4.49. The molecule has 2 unspecified atom stereocenters. The fourth-order valence-electron chi connectivity index (χ4n) is 2.59. The highest BCUT2D eigenvalue weighted by atomic mass is 16.5. The SMILES string of the molecule is OCCN1CCNCC1CC1CCCO1. The van der Waals surface area contributed by atoms with E-state index in [2.05, 4.69) is 10.2 Å². The highest BCUT2D eigenvalue weighted by molar-refractivity contribution is 4.83. The number of hydrogen-bond acceptors (Lipinski definition) is 4. The van der Waals surface area contributed by atoms with E-state index in [-0.39, 0.29) is 6.61 Å². The first-order valence-corrected chi connectivity index (χ1v) is 6.07. The van der Waals surface area contributed by atoms with Crippen LogP contribution in [-0.4, -0.2) is 61.5 Å². The summed E-state index contributed by atoms with van der Waals surface area (Å²) in [5, 5.41) is 12.4. The number of β-amino-alcohol motifs (C(OH)–C–C–N with tert-alkyl or cyclic N) is 1. The van der Waals surface area contributed by atoms with Crippen molar-refractivity contribution >= 4 is 0 Å². The van der Waals surface area contributed by atoms with Crippen LogP contribution in [0.15, 0.2) is 0 Å². The summed E-state index contributed by atoms with van der Waals surface area (Å²) in [6.45, 7) is 5.14. The molecular formula is C11H22N2O2. The first kappa shape index (κ1) is 11.3. The Kier molecular flexibility index (Phi) is 4.38. The summed E-state index contributed by atoms with van der Waals surface area (Å²) in [5.41, 5.74) is 0. The molecule has 2 aliphatic rings. The third kappa shape index (κ3) is 3.14. The topological polar surface area (TPSA) is 44.7 Å². The predicted octanol–water partition coefficient (Wildman–Crippen LogP) is -0.178. The Balaban J connectivity index is 1.80. The van der Waals surface area contributed by atoms with Crippen molar-refractivity contribution in [3.8, 4) is 0 Å². The maximum Gasteiger partial charge on any atom is 0.0591 e. The summed E-state index contributed by atoms with van der Waals surface area (Å²) in [5.74, 6) is 0. The average molecular weight is 214 g/mol. The van der Waals surface area contributed by atoms with Crippen LogP contribution in [0.2, 0.25) is 0 Å². The van der Waals surface area contributed by atoms with Gasteiger partial charge in [-0.1, -0.05) is 0 Å². The van der Waals surface area contributed by atoms with Gasteiger partial charge in [0, 0.05) is 38.8 Å². The fraction of sp³-hybridized carbons (Fsp3) is 1.00. The van der Waals surface area contributed by atoms with Crippen LogP contribution in [0.5, 0.6) is 0 Å². The molecule has 0 saturated carbocycles. The molecular weight excluding hydrogens is 192 g/mol. The van der Waals surface area contributed by atoms with Crippen molar-refractivity contribution in [3.63, 3.8) is 0 Å². The normalized spacial score (nSPS) is 33.4. The second-order valence-corrected chi connectivity index (χ2v) is 4.49. The summed E-state index contributed by atoms with van der Waals surface area (Å²) in [4.78, 5) is 2.39. The molecule has 2 fully saturated rings. The van der Waals surface area contributed by atoms with E-state index in [0.29, 0.717) is 12.1 Å². The molecule has 88 valence electrons. The van der Waals surface area contributed by atoms with Gasteiger partial charge in [-0.15, -0.1) is 0 Å². The minimum absolute atomic E-state index is 0.266. The fourth-order valence-corrected chi connectivity index (χ4v) is 2.59. The summed E-state index contributed by atoms with van der Waals surface area (Å²) in [6, 6.07) is 0.550. The van der Waals surface area contributed by atoms with Gasteiger partial charge in [-0.2, -0.15) is 0 Å². The molecule has 0 aliphatic carbocycles. The summed E-state index contributed by atoms with van der Waals surface area (Å²) < 4.78 is 5.67. The van der Waals surface area contributed by atoms with E-state index in [9.17, 15) is 0 Å². The number of piperazine rings is 1. The number of aliphatic hydroxyl groups is 1. The lowest BCUT2D eigenvalue weighted by Crippen LogP contribution is -2.53. The van der Waals surface area contributed by atoms with E-state index in [0.717, 1.165) is 39.2 Å². The molecule has 4 nitrogen and oxygen atoms in total.